The van der Waals surface area contributed by atoms with Crippen LogP contribution in [0, 0.1) is 0 Å². The normalized spacial score (nSPS) is 13.9. The molecular formula is C13H17NO3. The molecule has 0 saturated carbocycles. The topological polar surface area (TPSA) is 47.6 Å². The molecule has 0 saturated heterocycles. The summed E-state index contributed by atoms with van der Waals surface area (Å²) in [4.78, 5) is 11.7. The van der Waals surface area contributed by atoms with Gasteiger partial charge in [0.15, 0.2) is 11.5 Å². The molecule has 0 atom stereocenters. The van der Waals surface area contributed by atoms with Crippen molar-refractivity contribution in [1.82, 2.24) is 5.32 Å². The van der Waals surface area contributed by atoms with Gasteiger partial charge in [0.25, 0.3) is 5.91 Å². The molecule has 0 unspecified atom stereocenters. The lowest BCUT2D eigenvalue weighted by molar-refractivity contribution is 0.0945. The maximum Gasteiger partial charge on any atom is 0.251 e. The first-order valence-corrected chi connectivity index (χ1v) is 5.97. The zero-order valence-electron chi connectivity index (χ0n) is 10.2. The van der Waals surface area contributed by atoms with Crippen molar-refractivity contribution in [3.63, 3.8) is 0 Å². The van der Waals surface area contributed by atoms with Crippen molar-refractivity contribution in [2.75, 3.05) is 19.8 Å². The van der Waals surface area contributed by atoms with Gasteiger partial charge in [-0.1, -0.05) is 0 Å². The predicted molar refractivity (Wildman–Crippen MR) is 64.8 cm³/mol. The summed E-state index contributed by atoms with van der Waals surface area (Å²) in [5.74, 6) is 1.34. The standard InChI is InChI=1S/C13H17NO3/c1-3-16-11-7-9-5-6-14-13(15)10(9)8-12(11)17-4-2/h7-8H,3-6H2,1-2H3,(H,14,15). The molecule has 0 aromatic heterocycles. The number of carbonyl (C=O) groups excluding carboxylic acids is 1. The molecule has 17 heavy (non-hydrogen) atoms. The van der Waals surface area contributed by atoms with E-state index in [2.05, 4.69) is 5.32 Å². The highest BCUT2D eigenvalue weighted by molar-refractivity contribution is 5.97. The van der Waals surface area contributed by atoms with Crippen LogP contribution in [0.3, 0.4) is 0 Å². The molecule has 0 radical (unpaired) electrons. The molecule has 0 aliphatic carbocycles. The number of fused-ring (bicyclic) bond motifs is 1. The van der Waals surface area contributed by atoms with Crippen molar-refractivity contribution in [2.24, 2.45) is 0 Å². The lowest BCUT2D eigenvalue weighted by atomic mass is 9.99. The van der Waals surface area contributed by atoms with E-state index in [4.69, 9.17) is 9.47 Å². The Hall–Kier alpha value is -1.71. The number of hydrogen-bond donors (Lipinski definition) is 1. The number of ether oxygens (including phenoxy) is 2. The smallest absolute Gasteiger partial charge is 0.251 e. The number of carbonyl (C=O) groups is 1. The molecule has 4 nitrogen and oxygen atoms in total. The van der Waals surface area contributed by atoms with E-state index in [1.807, 2.05) is 19.9 Å². The summed E-state index contributed by atoms with van der Waals surface area (Å²) >= 11 is 0. The summed E-state index contributed by atoms with van der Waals surface area (Å²) in [5.41, 5.74) is 1.73. The van der Waals surface area contributed by atoms with Crippen LogP contribution >= 0.6 is 0 Å². The Kier molecular flexibility index (Phi) is 3.52. The van der Waals surface area contributed by atoms with E-state index in [1.54, 1.807) is 6.07 Å². The first-order valence-electron chi connectivity index (χ1n) is 5.97. The van der Waals surface area contributed by atoms with Crippen LogP contribution in [-0.2, 0) is 6.42 Å². The van der Waals surface area contributed by atoms with Gasteiger partial charge in [-0.05, 0) is 38.0 Å². The Morgan fingerprint density at radius 2 is 1.82 bits per heavy atom. The fourth-order valence-corrected chi connectivity index (χ4v) is 1.96. The second-order valence-corrected chi connectivity index (χ2v) is 3.83. The molecule has 0 spiro atoms. The minimum absolute atomic E-state index is 0.0322. The molecule has 1 amide bonds. The fourth-order valence-electron chi connectivity index (χ4n) is 1.96. The van der Waals surface area contributed by atoms with Crippen LogP contribution in [0.2, 0.25) is 0 Å². The van der Waals surface area contributed by atoms with Crippen LogP contribution in [0.5, 0.6) is 11.5 Å². The third kappa shape index (κ3) is 2.35. The number of hydrogen-bond acceptors (Lipinski definition) is 3. The molecule has 1 N–H and O–H groups in total. The van der Waals surface area contributed by atoms with Gasteiger partial charge in [0.2, 0.25) is 0 Å². The average Bonchev–Trinajstić information content (AvgIpc) is 2.32. The average molecular weight is 235 g/mol. The highest BCUT2D eigenvalue weighted by Crippen LogP contribution is 2.32. The van der Waals surface area contributed by atoms with Gasteiger partial charge in [-0.25, -0.2) is 0 Å². The predicted octanol–water partition coefficient (Wildman–Crippen LogP) is 1.77. The van der Waals surface area contributed by atoms with Crippen LogP contribution in [0.25, 0.3) is 0 Å². The fraction of sp³-hybridized carbons (Fsp3) is 0.462. The molecule has 1 heterocycles. The number of amides is 1. The second kappa shape index (κ2) is 5.08. The third-order valence-electron chi connectivity index (χ3n) is 2.69. The number of nitrogens with one attached hydrogen (secondary N) is 1. The zero-order chi connectivity index (χ0) is 12.3. The molecule has 1 aliphatic heterocycles. The van der Waals surface area contributed by atoms with Crippen molar-refractivity contribution < 1.29 is 14.3 Å². The Morgan fingerprint density at radius 1 is 1.18 bits per heavy atom. The van der Waals surface area contributed by atoms with E-state index in [0.29, 0.717) is 31.1 Å². The summed E-state index contributed by atoms with van der Waals surface area (Å²) in [6, 6.07) is 3.70. The van der Waals surface area contributed by atoms with Crippen LogP contribution < -0.4 is 14.8 Å². The molecule has 0 fully saturated rings. The van der Waals surface area contributed by atoms with Gasteiger partial charge in [0, 0.05) is 12.1 Å². The van der Waals surface area contributed by atoms with E-state index in [1.165, 1.54) is 0 Å². The molecule has 1 aliphatic rings. The van der Waals surface area contributed by atoms with Crippen LogP contribution in [0.15, 0.2) is 12.1 Å². The Bertz CT molecular complexity index is 429. The summed E-state index contributed by atoms with van der Waals surface area (Å²) < 4.78 is 11.0. The van der Waals surface area contributed by atoms with Gasteiger partial charge in [-0.3, -0.25) is 4.79 Å². The number of benzene rings is 1. The largest absolute Gasteiger partial charge is 0.490 e. The van der Waals surface area contributed by atoms with E-state index < -0.39 is 0 Å². The minimum Gasteiger partial charge on any atom is -0.490 e. The van der Waals surface area contributed by atoms with Gasteiger partial charge in [0.05, 0.1) is 13.2 Å². The Labute approximate surface area is 101 Å². The maximum atomic E-state index is 11.7. The monoisotopic (exact) mass is 235 g/mol. The second-order valence-electron chi connectivity index (χ2n) is 3.83. The number of rotatable bonds is 4. The first kappa shape index (κ1) is 11.8. The van der Waals surface area contributed by atoms with Crippen LogP contribution in [0.1, 0.15) is 29.8 Å². The lowest BCUT2D eigenvalue weighted by Gasteiger charge is -2.19. The van der Waals surface area contributed by atoms with Crippen LogP contribution in [0.4, 0.5) is 0 Å². The van der Waals surface area contributed by atoms with Crippen molar-refractivity contribution in [3.05, 3.63) is 23.3 Å². The molecule has 1 aromatic rings. The van der Waals surface area contributed by atoms with E-state index in [-0.39, 0.29) is 5.91 Å². The highest BCUT2D eigenvalue weighted by atomic mass is 16.5. The first-order chi connectivity index (χ1) is 8.26. The van der Waals surface area contributed by atoms with Crippen molar-refractivity contribution in [2.45, 2.75) is 20.3 Å². The van der Waals surface area contributed by atoms with Gasteiger partial charge in [-0.15, -0.1) is 0 Å². The SMILES string of the molecule is CCOc1cc2c(cc1OCC)C(=O)NCC2. The van der Waals surface area contributed by atoms with Crippen molar-refractivity contribution in [1.29, 1.82) is 0 Å². The van der Waals surface area contributed by atoms with Crippen molar-refractivity contribution >= 4 is 5.91 Å². The lowest BCUT2D eigenvalue weighted by Crippen LogP contribution is -2.31. The third-order valence-corrected chi connectivity index (χ3v) is 2.69. The van der Waals surface area contributed by atoms with Crippen LogP contribution in [-0.4, -0.2) is 25.7 Å². The van der Waals surface area contributed by atoms with Gasteiger partial charge < -0.3 is 14.8 Å². The van der Waals surface area contributed by atoms with Gasteiger partial charge >= 0.3 is 0 Å². The quantitative estimate of drug-likeness (QED) is 0.865. The molecule has 1 aromatic carbocycles. The molecular weight excluding hydrogens is 218 g/mol. The summed E-state index contributed by atoms with van der Waals surface area (Å²) in [5, 5.41) is 2.82. The van der Waals surface area contributed by atoms with Gasteiger partial charge in [0.1, 0.15) is 0 Å². The summed E-state index contributed by atoms with van der Waals surface area (Å²) in [6.07, 6.45) is 0.841. The van der Waals surface area contributed by atoms with Crippen molar-refractivity contribution in [3.8, 4) is 11.5 Å². The summed E-state index contributed by atoms with van der Waals surface area (Å²) in [7, 11) is 0. The molecule has 0 bridgehead atoms. The molecule has 2 rings (SSSR count). The Morgan fingerprint density at radius 3 is 2.47 bits per heavy atom. The Balaban J connectivity index is 2.42. The van der Waals surface area contributed by atoms with E-state index >= 15 is 0 Å². The minimum atomic E-state index is -0.0322. The van der Waals surface area contributed by atoms with E-state index in [9.17, 15) is 4.79 Å². The summed E-state index contributed by atoms with van der Waals surface area (Å²) in [6.45, 7) is 5.67. The maximum absolute atomic E-state index is 11.7. The zero-order valence-corrected chi connectivity index (χ0v) is 10.2. The van der Waals surface area contributed by atoms with Gasteiger partial charge in [-0.2, -0.15) is 0 Å². The van der Waals surface area contributed by atoms with E-state index in [0.717, 1.165) is 17.7 Å². The highest BCUT2D eigenvalue weighted by Gasteiger charge is 2.20. The molecule has 92 valence electrons. The molecule has 4 heteroatoms.